The number of para-hydroxylation sites is 1. The van der Waals surface area contributed by atoms with Crippen LogP contribution in [0.15, 0.2) is 36.4 Å². The zero-order chi connectivity index (χ0) is 14.7. The minimum atomic E-state index is -0.936. The fourth-order valence-corrected chi connectivity index (χ4v) is 2.07. The molecule has 0 aliphatic rings. The van der Waals surface area contributed by atoms with Gasteiger partial charge in [-0.3, -0.25) is 0 Å². The zero-order valence-corrected chi connectivity index (χ0v) is 11.4. The summed E-state index contributed by atoms with van der Waals surface area (Å²) in [4.78, 5) is 0. The van der Waals surface area contributed by atoms with Gasteiger partial charge in [0, 0.05) is 0 Å². The van der Waals surface area contributed by atoms with E-state index < -0.39 is 23.5 Å². The molecule has 0 aliphatic carbocycles. The van der Waals surface area contributed by atoms with E-state index in [1.165, 1.54) is 6.07 Å². The molecule has 0 saturated carbocycles. The van der Waals surface area contributed by atoms with E-state index in [4.69, 9.17) is 4.74 Å². The van der Waals surface area contributed by atoms with Gasteiger partial charge in [0.15, 0.2) is 17.4 Å². The first-order chi connectivity index (χ1) is 9.49. The van der Waals surface area contributed by atoms with Crippen LogP contribution in [0.2, 0.25) is 0 Å². The minimum absolute atomic E-state index is 0.207. The van der Waals surface area contributed by atoms with Gasteiger partial charge in [0.2, 0.25) is 0 Å². The number of rotatable bonds is 4. The van der Waals surface area contributed by atoms with Crippen molar-refractivity contribution in [2.45, 2.75) is 20.0 Å². The van der Waals surface area contributed by atoms with Crippen LogP contribution in [-0.2, 0) is 0 Å². The van der Waals surface area contributed by atoms with E-state index in [1.807, 2.05) is 26.0 Å². The maximum Gasteiger partial charge on any atom is 0.190 e. The normalized spacial score (nSPS) is 12.2. The molecular formula is C16H16F2O2. The van der Waals surface area contributed by atoms with Crippen molar-refractivity contribution in [2.75, 3.05) is 6.61 Å². The Morgan fingerprint density at radius 2 is 1.75 bits per heavy atom. The van der Waals surface area contributed by atoms with Crippen molar-refractivity contribution < 1.29 is 18.6 Å². The number of aliphatic hydroxyl groups is 1. The predicted molar refractivity (Wildman–Crippen MR) is 72.7 cm³/mol. The predicted octanol–water partition coefficient (Wildman–Crippen LogP) is 3.69. The van der Waals surface area contributed by atoms with Crippen LogP contribution in [0.3, 0.4) is 0 Å². The highest BCUT2D eigenvalue weighted by atomic mass is 19.1. The van der Waals surface area contributed by atoms with Gasteiger partial charge >= 0.3 is 0 Å². The number of hydrogen-bond acceptors (Lipinski definition) is 2. The molecule has 0 radical (unpaired) electrons. The summed E-state index contributed by atoms with van der Waals surface area (Å²) >= 11 is 0. The topological polar surface area (TPSA) is 29.5 Å². The summed E-state index contributed by atoms with van der Waals surface area (Å²) in [6.45, 7) is 3.62. The highest BCUT2D eigenvalue weighted by Crippen LogP contribution is 2.24. The fraction of sp³-hybridized carbons (Fsp3) is 0.250. The number of aryl methyl sites for hydroxylation is 2. The molecule has 2 aromatic rings. The van der Waals surface area contributed by atoms with Gasteiger partial charge in [-0.05, 0) is 37.1 Å². The van der Waals surface area contributed by atoms with E-state index >= 15 is 0 Å². The summed E-state index contributed by atoms with van der Waals surface area (Å²) < 4.78 is 31.8. The van der Waals surface area contributed by atoms with Crippen LogP contribution in [0.4, 0.5) is 8.78 Å². The average molecular weight is 278 g/mol. The van der Waals surface area contributed by atoms with Gasteiger partial charge < -0.3 is 9.84 Å². The summed E-state index contributed by atoms with van der Waals surface area (Å²) in [7, 11) is 0. The second-order valence-electron chi connectivity index (χ2n) is 4.74. The average Bonchev–Trinajstić information content (AvgIpc) is 2.37. The zero-order valence-electron chi connectivity index (χ0n) is 11.4. The molecule has 1 unspecified atom stereocenters. The Morgan fingerprint density at radius 1 is 1.10 bits per heavy atom. The molecule has 20 heavy (non-hydrogen) atoms. The molecule has 0 spiro atoms. The summed E-state index contributed by atoms with van der Waals surface area (Å²) in [6.07, 6.45) is -0.936. The molecule has 0 fully saturated rings. The van der Waals surface area contributed by atoms with Crippen LogP contribution in [0.25, 0.3) is 0 Å². The molecule has 1 atom stereocenters. The van der Waals surface area contributed by atoms with Gasteiger partial charge in [-0.15, -0.1) is 0 Å². The maximum absolute atomic E-state index is 13.4. The Labute approximate surface area is 116 Å². The molecule has 0 aromatic heterocycles. The second kappa shape index (κ2) is 6.01. The van der Waals surface area contributed by atoms with Crippen LogP contribution < -0.4 is 4.74 Å². The molecule has 1 N–H and O–H groups in total. The first-order valence-electron chi connectivity index (χ1n) is 6.31. The highest BCUT2D eigenvalue weighted by molar-refractivity contribution is 5.32. The standard InChI is InChI=1S/C16H16F2O2/c1-10-6-7-12(11(2)8-10)15(19)9-20-16-13(17)4-3-5-14(16)18/h3-8,15,19H,9H2,1-2H3. The van der Waals surface area contributed by atoms with Gasteiger partial charge in [0.25, 0.3) is 0 Å². The van der Waals surface area contributed by atoms with Crippen LogP contribution >= 0.6 is 0 Å². The number of hydrogen-bond donors (Lipinski definition) is 1. The van der Waals surface area contributed by atoms with Gasteiger partial charge in [-0.25, -0.2) is 8.78 Å². The first-order valence-corrected chi connectivity index (χ1v) is 6.31. The summed E-state index contributed by atoms with van der Waals surface area (Å²) in [5.41, 5.74) is 2.68. The summed E-state index contributed by atoms with van der Waals surface area (Å²) in [5, 5.41) is 10.1. The highest BCUT2D eigenvalue weighted by Gasteiger charge is 2.15. The lowest BCUT2D eigenvalue weighted by molar-refractivity contribution is 0.102. The molecule has 0 heterocycles. The lowest BCUT2D eigenvalue weighted by atomic mass is 10.0. The molecule has 106 valence electrons. The molecule has 4 heteroatoms. The number of aliphatic hydroxyl groups excluding tert-OH is 1. The van der Waals surface area contributed by atoms with E-state index in [2.05, 4.69) is 0 Å². The third kappa shape index (κ3) is 3.14. The Balaban J connectivity index is 2.11. The molecule has 0 aliphatic heterocycles. The third-order valence-corrected chi connectivity index (χ3v) is 3.09. The smallest absolute Gasteiger partial charge is 0.190 e. The molecule has 2 aromatic carbocycles. The van der Waals surface area contributed by atoms with Crippen molar-refractivity contribution >= 4 is 0 Å². The lowest BCUT2D eigenvalue weighted by Crippen LogP contribution is -2.12. The van der Waals surface area contributed by atoms with E-state index in [0.717, 1.165) is 23.3 Å². The number of ether oxygens (including phenoxy) is 1. The van der Waals surface area contributed by atoms with Gasteiger partial charge in [0.05, 0.1) is 0 Å². The van der Waals surface area contributed by atoms with Gasteiger partial charge in [0.1, 0.15) is 12.7 Å². The third-order valence-electron chi connectivity index (χ3n) is 3.09. The van der Waals surface area contributed by atoms with Crippen LogP contribution in [0.5, 0.6) is 5.75 Å². The van der Waals surface area contributed by atoms with Crippen molar-refractivity contribution in [3.05, 3.63) is 64.7 Å². The maximum atomic E-state index is 13.4. The van der Waals surface area contributed by atoms with Crippen LogP contribution in [-0.4, -0.2) is 11.7 Å². The van der Waals surface area contributed by atoms with E-state index in [0.29, 0.717) is 5.56 Å². The molecule has 2 nitrogen and oxygen atoms in total. The summed E-state index contributed by atoms with van der Waals surface area (Å²) in [6, 6.07) is 9.08. The Bertz CT molecular complexity index is 591. The van der Waals surface area contributed by atoms with Crippen molar-refractivity contribution in [3.8, 4) is 5.75 Å². The van der Waals surface area contributed by atoms with Crippen LogP contribution in [0, 0.1) is 25.5 Å². The second-order valence-corrected chi connectivity index (χ2v) is 4.74. The van der Waals surface area contributed by atoms with Crippen molar-refractivity contribution in [3.63, 3.8) is 0 Å². The molecule has 0 bridgehead atoms. The fourth-order valence-electron chi connectivity index (χ4n) is 2.07. The SMILES string of the molecule is Cc1ccc(C(O)COc2c(F)cccc2F)c(C)c1. The number of halogens is 2. The Hall–Kier alpha value is -1.94. The molecule has 0 saturated heterocycles. The van der Waals surface area contributed by atoms with Crippen molar-refractivity contribution in [1.82, 2.24) is 0 Å². The largest absolute Gasteiger partial charge is 0.484 e. The van der Waals surface area contributed by atoms with Crippen molar-refractivity contribution in [2.24, 2.45) is 0 Å². The quantitative estimate of drug-likeness (QED) is 0.924. The molecule has 0 amide bonds. The van der Waals surface area contributed by atoms with Crippen LogP contribution in [0.1, 0.15) is 22.8 Å². The van der Waals surface area contributed by atoms with E-state index in [9.17, 15) is 13.9 Å². The number of benzene rings is 2. The first kappa shape index (κ1) is 14.5. The van der Waals surface area contributed by atoms with E-state index in [-0.39, 0.29) is 6.61 Å². The van der Waals surface area contributed by atoms with Gasteiger partial charge in [-0.1, -0.05) is 29.8 Å². The Morgan fingerprint density at radius 3 is 2.35 bits per heavy atom. The van der Waals surface area contributed by atoms with Crippen molar-refractivity contribution in [1.29, 1.82) is 0 Å². The van der Waals surface area contributed by atoms with Gasteiger partial charge in [-0.2, -0.15) is 0 Å². The molecule has 2 rings (SSSR count). The summed E-state index contributed by atoms with van der Waals surface area (Å²) in [5.74, 6) is -2.02. The monoisotopic (exact) mass is 278 g/mol. The minimum Gasteiger partial charge on any atom is -0.484 e. The molecular weight excluding hydrogens is 262 g/mol. The lowest BCUT2D eigenvalue weighted by Gasteiger charge is -2.16. The van der Waals surface area contributed by atoms with E-state index in [1.54, 1.807) is 6.07 Å². The Kier molecular flexibility index (Phi) is 4.35.